The van der Waals surface area contributed by atoms with Crippen LogP contribution in [0.25, 0.3) is 0 Å². The molecule has 1 unspecified atom stereocenters. The molecule has 1 atom stereocenters. The van der Waals surface area contributed by atoms with Crippen LogP contribution in [0.5, 0.6) is 0 Å². The first-order valence-corrected chi connectivity index (χ1v) is 10.9. The first-order valence-electron chi connectivity index (χ1n) is 9.46. The molecule has 6 heteroatoms. The Morgan fingerprint density at radius 2 is 1.45 bits per heavy atom. The van der Waals surface area contributed by atoms with Crippen molar-refractivity contribution in [1.82, 2.24) is 9.21 Å². The van der Waals surface area contributed by atoms with E-state index in [0.29, 0.717) is 6.54 Å². The van der Waals surface area contributed by atoms with Crippen molar-refractivity contribution in [2.45, 2.75) is 24.4 Å². The molecule has 148 valence electrons. The number of hydrogen-bond donors (Lipinski definition) is 0. The zero-order valence-electron chi connectivity index (χ0n) is 16.1. The fourth-order valence-electron chi connectivity index (χ4n) is 3.57. The normalized spacial score (nSPS) is 17.0. The summed E-state index contributed by atoms with van der Waals surface area (Å²) in [6.45, 7) is 2.33. The lowest BCUT2D eigenvalue weighted by Gasteiger charge is -2.23. The molecule has 1 heterocycles. The average Bonchev–Trinajstić information content (AvgIpc) is 3.07. The fourth-order valence-corrected chi connectivity index (χ4v) is 4.95. The SMILES string of the molecule is Cc1ccc(S(=O)(=O)N2CC(c3ccccc3)N(Cc3ccccc3)C2=O)cc1. The van der Waals surface area contributed by atoms with Crippen molar-refractivity contribution in [3.63, 3.8) is 0 Å². The summed E-state index contributed by atoms with van der Waals surface area (Å²) in [5.74, 6) is 0. The minimum Gasteiger partial charge on any atom is -0.311 e. The van der Waals surface area contributed by atoms with Gasteiger partial charge in [0.15, 0.2) is 0 Å². The number of nitrogens with zero attached hydrogens (tertiary/aromatic N) is 2. The highest BCUT2D eigenvalue weighted by Crippen LogP contribution is 2.34. The lowest BCUT2D eigenvalue weighted by molar-refractivity contribution is 0.194. The van der Waals surface area contributed by atoms with Crippen LogP contribution in [0.4, 0.5) is 4.79 Å². The lowest BCUT2D eigenvalue weighted by Crippen LogP contribution is -2.36. The van der Waals surface area contributed by atoms with E-state index in [1.807, 2.05) is 67.6 Å². The number of rotatable bonds is 5. The largest absolute Gasteiger partial charge is 0.334 e. The van der Waals surface area contributed by atoms with Crippen LogP contribution >= 0.6 is 0 Å². The molecular weight excluding hydrogens is 384 g/mol. The molecule has 3 aromatic rings. The minimum absolute atomic E-state index is 0.0892. The summed E-state index contributed by atoms with van der Waals surface area (Å²) in [5.41, 5.74) is 2.83. The van der Waals surface area contributed by atoms with Crippen molar-refractivity contribution in [2.24, 2.45) is 0 Å². The molecule has 0 saturated carbocycles. The van der Waals surface area contributed by atoms with E-state index < -0.39 is 16.1 Å². The van der Waals surface area contributed by atoms with E-state index in [-0.39, 0.29) is 17.5 Å². The zero-order valence-corrected chi connectivity index (χ0v) is 16.9. The molecule has 1 aliphatic rings. The fraction of sp³-hybridized carbons (Fsp3) is 0.174. The van der Waals surface area contributed by atoms with E-state index in [1.165, 1.54) is 0 Å². The number of amides is 2. The second kappa shape index (κ2) is 7.72. The summed E-state index contributed by atoms with van der Waals surface area (Å²) in [6, 6.07) is 24.9. The van der Waals surface area contributed by atoms with E-state index in [1.54, 1.807) is 29.2 Å². The quantitative estimate of drug-likeness (QED) is 0.632. The number of benzene rings is 3. The number of carbonyl (C=O) groups is 1. The first kappa shape index (κ1) is 19.2. The van der Waals surface area contributed by atoms with Crippen LogP contribution < -0.4 is 0 Å². The number of aryl methyl sites for hydroxylation is 1. The van der Waals surface area contributed by atoms with Gasteiger partial charge in [-0.05, 0) is 30.2 Å². The Balaban J connectivity index is 1.71. The van der Waals surface area contributed by atoms with E-state index in [9.17, 15) is 13.2 Å². The molecule has 0 bridgehead atoms. The van der Waals surface area contributed by atoms with Gasteiger partial charge in [0.25, 0.3) is 10.0 Å². The molecule has 0 N–H and O–H groups in total. The number of hydrogen-bond acceptors (Lipinski definition) is 3. The highest BCUT2D eigenvalue weighted by Gasteiger charge is 2.44. The van der Waals surface area contributed by atoms with Gasteiger partial charge in [0.1, 0.15) is 0 Å². The second-order valence-corrected chi connectivity index (χ2v) is 9.03. The van der Waals surface area contributed by atoms with E-state index in [2.05, 4.69) is 0 Å². The third kappa shape index (κ3) is 3.76. The Kier molecular flexibility index (Phi) is 5.11. The van der Waals surface area contributed by atoms with E-state index >= 15 is 0 Å². The summed E-state index contributed by atoms with van der Waals surface area (Å²) in [6.07, 6.45) is 0. The molecule has 0 radical (unpaired) electrons. The van der Waals surface area contributed by atoms with Gasteiger partial charge in [-0.2, -0.15) is 0 Å². The van der Waals surface area contributed by atoms with Crippen molar-refractivity contribution in [1.29, 1.82) is 0 Å². The van der Waals surface area contributed by atoms with Crippen LogP contribution in [0.3, 0.4) is 0 Å². The summed E-state index contributed by atoms with van der Waals surface area (Å²) in [4.78, 5) is 15.0. The van der Waals surface area contributed by atoms with Crippen LogP contribution in [0.15, 0.2) is 89.8 Å². The van der Waals surface area contributed by atoms with Crippen LogP contribution in [0, 0.1) is 6.92 Å². The Bertz CT molecular complexity index is 1100. The van der Waals surface area contributed by atoms with Gasteiger partial charge in [-0.15, -0.1) is 0 Å². The maximum absolute atomic E-state index is 13.3. The summed E-state index contributed by atoms with van der Waals surface area (Å²) >= 11 is 0. The van der Waals surface area contributed by atoms with Gasteiger partial charge >= 0.3 is 6.03 Å². The van der Waals surface area contributed by atoms with Crippen molar-refractivity contribution < 1.29 is 13.2 Å². The van der Waals surface area contributed by atoms with Crippen molar-refractivity contribution in [3.05, 3.63) is 102 Å². The van der Waals surface area contributed by atoms with E-state index in [0.717, 1.165) is 21.0 Å². The van der Waals surface area contributed by atoms with Crippen LogP contribution in [-0.2, 0) is 16.6 Å². The second-order valence-electron chi connectivity index (χ2n) is 7.17. The van der Waals surface area contributed by atoms with Gasteiger partial charge in [0, 0.05) is 6.54 Å². The molecule has 5 nitrogen and oxygen atoms in total. The smallest absolute Gasteiger partial charge is 0.311 e. The third-order valence-corrected chi connectivity index (χ3v) is 6.92. The molecule has 29 heavy (non-hydrogen) atoms. The Morgan fingerprint density at radius 3 is 2.07 bits per heavy atom. The van der Waals surface area contributed by atoms with Crippen molar-refractivity contribution in [2.75, 3.05) is 6.54 Å². The summed E-state index contributed by atoms with van der Waals surface area (Å²) < 4.78 is 27.4. The molecule has 0 aliphatic carbocycles. The predicted molar refractivity (Wildman–Crippen MR) is 112 cm³/mol. The Labute approximate surface area is 171 Å². The van der Waals surface area contributed by atoms with Gasteiger partial charge in [0.2, 0.25) is 0 Å². The molecule has 0 spiro atoms. The molecular formula is C23H22N2O3S. The van der Waals surface area contributed by atoms with Crippen molar-refractivity contribution >= 4 is 16.1 Å². The van der Waals surface area contributed by atoms with Gasteiger partial charge in [-0.25, -0.2) is 17.5 Å². The Morgan fingerprint density at radius 1 is 0.862 bits per heavy atom. The Hall–Kier alpha value is -3.12. The van der Waals surface area contributed by atoms with Gasteiger partial charge < -0.3 is 4.90 Å². The number of sulfonamides is 1. The minimum atomic E-state index is -3.93. The number of urea groups is 1. The molecule has 1 fully saturated rings. The monoisotopic (exact) mass is 406 g/mol. The predicted octanol–water partition coefficient (Wildman–Crippen LogP) is 4.36. The van der Waals surface area contributed by atoms with Crippen LogP contribution in [0.1, 0.15) is 22.7 Å². The zero-order chi connectivity index (χ0) is 20.4. The highest BCUT2D eigenvalue weighted by molar-refractivity contribution is 7.89. The first-order chi connectivity index (χ1) is 14.0. The van der Waals surface area contributed by atoms with Crippen LogP contribution in [0.2, 0.25) is 0 Å². The maximum atomic E-state index is 13.3. The lowest BCUT2D eigenvalue weighted by atomic mass is 10.1. The topological polar surface area (TPSA) is 57.7 Å². The average molecular weight is 407 g/mol. The summed E-state index contributed by atoms with van der Waals surface area (Å²) in [5, 5.41) is 0. The summed E-state index contributed by atoms with van der Waals surface area (Å²) in [7, 11) is -3.93. The van der Waals surface area contributed by atoms with Gasteiger partial charge in [-0.3, -0.25) is 0 Å². The van der Waals surface area contributed by atoms with Gasteiger partial charge in [-0.1, -0.05) is 78.4 Å². The molecule has 2 amide bonds. The van der Waals surface area contributed by atoms with E-state index in [4.69, 9.17) is 0 Å². The highest BCUT2D eigenvalue weighted by atomic mass is 32.2. The molecule has 1 aliphatic heterocycles. The van der Waals surface area contributed by atoms with Crippen LogP contribution in [-0.4, -0.2) is 30.2 Å². The maximum Gasteiger partial charge on any atom is 0.334 e. The molecule has 0 aromatic heterocycles. The van der Waals surface area contributed by atoms with Crippen molar-refractivity contribution in [3.8, 4) is 0 Å². The third-order valence-electron chi connectivity index (χ3n) is 5.16. The number of carbonyl (C=O) groups excluding carboxylic acids is 1. The molecule has 4 rings (SSSR count). The molecule has 3 aromatic carbocycles. The van der Waals surface area contributed by atoms with Gasteiger partial charge in [0.05, 0.1) is 17.5 Å². The standard InChI is InChI=1S/C23H22N2O3S/c1-18-12-14-21(15-13-18)29(27,28)25-17-22(20-10-6-3-7-11-20)24(23(25)26)16-19-8-4-2-5-9-19/h2-15,22H,16-17H2,1H3. The molecule has 1 saturated heterocycles.